The third kappa shape index (κ3) is 1.56. The van der Waals surface area contributed by atoms with E-state index >= 15 is 0 Å². The van der Waals surface area contributed by atoms with Crippen molar-refractivity contribution >= 4 is 0 Å². The van der Waals surface area contributed by atoms with Gasteiger partial charge < -0.3 is 4.52 Å². The van der Waals surface area contributed by atoms with Gasteiger partial charge in [0.05, 0.1) is 0 Å². The lowest BCUT2D eigenvalue weighted by atomic mass is 10.2. The van der Waals surface area contributed by atoms with Crippen LogP contribution in [-0.4, -0.2) is 15.1 Å². The van der Waals surface area contributed by atoms with Crippen LogP contribution in [0, 0.1) is 13.8 Å². The molecule has 2 heterocycles. The van der Waals surface area contributed by atoms with Crippen LogP contribution in [0.15, 0.2) is 22.9 Å². The average molecular weight is 175 g/mol. The van der Waals surface area contributed by atoms with Gasteiger partial charge in [-0.2, -0.15) is 4.98 Å². The second kappa shape index (κ2) is 2.97. The Balaban J connectivity index is 2.46. The van der Waals surface area contributed by atoms with Crippen LogP contribution in [0.3, 0.4) is 0 Å². The minimum absolute atomic E-state index is 0.473. The van der Waals surface area contributed by atoms with E-state index in [-0.39, 0.29) is 0 Å². The summed E-state index contributed by atoms with van der Waals surface area (Å²) in [7, 11) is 0. The van der Waals surface area contributed by atoms with Crippen molar-refractivity contribution in [3.8, 4) is 11.6 Å². The first-order chi connectivity index (χ1) is 6.25. The normalized spacial score (nSPS) is 10.3. The molecule has 66 valence electrons. The highest BCUT2D eigenvalue weighted by molar-refractivity contribution is 5.47. The molecule has 0 saturated carbocycles. The zero-order valence-corrected chi connectivity index (χ0v) is 7.48. The van der Waals surface area contributed by atoms with Crippen LogP contribution in [-0.2, 0) is 0 Å². The smallest absolute Gasteiger partial charge is 0.276 e. The molecule has 0 aliphatic rings. The second-order valence-electron chi connectivity index (χ2n) is 2.87. The summed E-state index contributed by atoms with van der Waals surface area (Å²) in [6.45, 7) is 3.78. The Hall–Kier alpha value is -1.71. The zero-order valence-electron chi connectivity index (χ0n) is 7.48. The Morgan fingerprint density at radius 2 is 2.15 bits per heavy atom. The van der Waals surface area contributed by atoms with Gasteiger partial charge in [-0.25, -0.2) is 0 Å². The van der Waals surface area contributed by atoms with E-state index in [1.807, 2.05) is 19.1 Å². The zero-order chi connectivity index (χ0) is 9.26. The fraction of sp³-hybridized carbons (Fsp3) is 0.222. The maximum Gasteiger partial charge on any atom is 0.276 e. The summed E-state index contributed by atoms with van der Waals surface area (Å²) in [6, 6.07) is 3.83. The summed E-state index contributed by atoms with van der Waals surface area (Å²) in [4.78, 5) is 8.21. The standard InChI is InChI=1S/C9H9N3O/c1-6-3-4-10-8(5-6)9-11-7(2)12-13-9/h3-5H,1-2H3. The molecule has 0 aliphatic carbocycles. The molecule has 0 spiro atoms. The molecule has 2 rings (SSSR count). The number of aromatic nitrogens is 3. The summed E-state index contributed by atoms with van der Waals surface area (Å²) in [6.07, 6.45) is 1.73. The molecule has 0 radical (unpaired) electrons. The molecule has 0 fully saturated rings. The summed E-state index contributed by atoms with van der Waals surface area (Å²) >= 11 is 0. The van der Waals surface area contributed by atoms with Crippen molar-refractivity contribution < 1.29 is 4.52 Å². The van der Waals surface area contributed by atoms with E-state index in [1.165, 1.54) is 0 Å². The fourth-order valence-corrected chi connectivity index (χ4v) is 1.05. The summed E-state index contributed by atoms with van der Waals surface area (Å²) in [5.74, 6) is 1.10. The highest BCUT2D eigenvalue weighted by Crippen LogP contribution is 2.14. The third-order valence-electron chi connectivity index (χ3n) is 1.66. The van der Waals surface area contributed by atoms with Crippen LogP contribution < -0.4 is 0 Å². The number of hydrogen-bond acceptors (Lipinski definition) is 4. The van der Waals surface area contributed by atoms with Gasteiger partial charge in [-0.3, -0.25) is 4.98 Å². The monoisotopic (exact) mass is 175 g/mol. The van der Waals surface area contributed by atoms with Gasteiger partial charge in [0.1, 0.15) is 5.69 Å². The number of hydrogen-bond donors (Lipinski definition) is 0. The first-order valence-electron chi connectivity index (χ1n) is 3.99. The summed E-state index contributed by atoms with van der Waals surface area (Å²) < 4.78 is 4.98. The quantitative estimate of drug-likeness (QED) is 0.662. The Bertz CT molecular complexity index is 422. The molecule has 0 bridgehead atoms. The molecule has 0 amide bonds. The van der Waals surface area contributed by atoms with Crippen molar-refractivity contribution in [3.05, 3.63) is 29.7 Å². The van der Waals surface area contributed by atoms with E-state index in [9.17, 15) is 0 Å². The first-order valence-corrected chi connectivity index (χ1v) is 3.99. The first kappa shape index (κ1) is 7.91. The highest BCUT2D eigenvalue weighted by Gasteiger charge is 2.06. The average Bonchev–Trinajstić information content (AvgIpc) is 2.52. The minimum Gasteiger partial charge on any atom is -0.332 e. The molecule has 4 heteroatoms. The van der Waals surface area contributed by atoms with Gasteiger partial charge in [-0.1, -0.05) is 5.16 Å². The van der Waals surface area contributed by atoms with Crippen LogP contribution in [0.5, 0.6) is 0 Å². The Labute approximate surface area is 75.6 Å². The number of rotatable bonds is 1. The molecule has 2 aromatic rings. The summed E-state index contributed by atoms with van der Waals surface area (Å²) in [5.41, 5.74) is 1.85. The van der Waals surface area contributed by atoms with Gasteiger partial charge >= 0.3 is 0 Å². The van der Waals surface area contributed by atoms with E-state index in [2.05, 4.69) is 15.1 Å². The van der Waals surface area contributed by atoms with Gasteiger partial charge in [-0.05, 0) is 31.5 Å². The van der Waals surface area contributed by atoms with Gasteiger partial charge in [0.2, 0.25) is 0 Å². The maximum atomic E-state index is 4.98. The van der Waals surface area contributed by atoms with Crippen LogP contribution in [0.4, 0.5) is 0 Å². The van der Waals surface area contributed by atoms with E-state index in [0.29, 0.717) is 11.7 Å². The lowest BCUT2D eigenvalue weighted by Gasteiger charge is -1.93. The largest absolute Gasteiger partial charge is 0.332 e. The van der Waals surface area contributed by atoms with Crippen LogP contribution in [0.1, 0.15) is 11.4 Å². The van der Waals surface area contributed by atoms with Crippen LogP contribution in [0.25, 0.3) is 11.6 Å². The SMILES string of the molecule is Cc1ccnc(-c2nc(C)no2)c1. The van der Waals surface area contributed by atoms with E-state index < -0.39 is 0 Å². The molecule has 2 aromatic heterocycles. The van der Waals surface area contributed by atoms with Crippen molar-refractivity contribution in [2.45, 2.75) is 13.8 Å². The number of aryl methyl sites for hydroxylation is 2. The highest BCUT2D eigenvalue weighted by atomic mass is 16.5. The second-order valence-corrected chi connectivity index (χ2v) is 2.87. The van der Waals surface area contributed by atoms with E-state index in [4.69, 9.17) is 4.52 Å². The molecule has 0 atom stereocenters. The molecule has 4 nitrogen and oxygen atoms in total. The molecule has 0 aromatic carbocycles. The third-order valence-corrected chi connectivity index (χ3v) is 1.66. The molecule has 0 unspecified atom stereocenters. The molecule has 0 N–H and O–H groups in total. The Morgan fingerprint density at radius 1 is 1.31 bits per heavy atom. The van der Waals surface area contributed by atoms with Crippen molar-refractivity contribution in [1.29, 1.82) is 0 Å². The molecule has 0 aliphatic heterocycles. The Kier molecular flexibility index (Phi) is 1.81. The van der Waals surface area contributed by atoms with Crippen molar-refractivity contribution in [2.75, 3.05) is 0 Å². The van der Waals surface area contributed by atoms with Gasteiger partial charge in [0, 0.05) is 6.20 Å². The molecule has 0 saturated heterocycles. The number of pyridine rings is 1. The maximum absolute atomic E-state index is 4.98. The Morgan fingerprint density at radius 3 is 2.77 bits per heavy atom. The predicted molar refractivity (Wildman–Crippen MR) is 47.0 cm³/mol. The molecular weight excluding hydrogens is 166 g/mol. The topological polar surface area (TPSA) is 51.8 Å². The lowest BCUT2D eigenvalue weighted by molar-refractivity contribution is 0.424. The van der Waals surface area contributed by atoms with Gasteiger partial charge in [-0.15, -0.1) is 0 Å². The summed E-state index contributed by atoms with van der Waals surface area (Å²) in [5, 5.41) is 3.70. The van der Waals surface area contributed by atoms with E-state index in [0.717, 1.165) is 11.3 Å². The van der Waals surface area contributed by atoms with Gasteiger partial charge in [0.25, 0.3) is 5.89 Å². The minimum atomic E-state index is 0.473. The van der Waals surface area contributed by atoms with Crippen LogP contribution >= 0.6 is 0 Å². The number of nitrogens with zero attached hydrogens (tertiary/aromatic N) is 3. The lowest BCUT2D eigenvalue weighted by Crippen LogP contribution is -1.84. The molecular formula is C9H9N3O. The van der Waals surface area contributed by atoms with Crippen molar-refractivity contribution in [3.63, 3.8) is 0 Å². The van der Waals surface area contributed by atoms with Crippen molar-refractivity contribution in [1.82, 2.24) is 15.1 Å². The fourth-order valence-electron chi connectivity index (χ4n) is 1.05. The van der Waals surface area contributed by atoms with E-state index in [1.54, 1.807) is 13.1 Å². The van der Waals surface area contributed by atoms with Crippen molar-refractivity contribution in [2.24, 2.45) is 0 Å². The predicted octanol–water partition coefficient (Wildman–Crippen LogP) is 1.75. The van der Waals surface area contributed by atoms with Gasteiger partial charge in [0.15, 0.2) is 5.82 Å². The van der Waals surface area contributed by atoms with Crippen LogP contribution in [0.2, 0.25) is 0 Å². The molecule has 13 heavy (non-hydrogen) atoms.